The summed E-state index contributed by atoms with van der Waals surface area (Å²) in [6.45, 7) is 9.91. The maximum Gasteiger partial charge on any atom is 0.255 e. The predicted molar refractivity (Wildman–Crippen MR) is 71.6 cm³/mol. The Morgan fingerprint density at radius 2 is 2.17 bits per heavy atom. The normalized spacial score (nSPS) is 11.8. The molecule has 5 heteroatoms. The summed E-state index contributed by atoms with van der Waals surface area (Å²) in [4.78, 5) is 18.8. The first-order valence-electron chi connectivity index (χ1n) is 6.32. The Kier molecular flexibility index (Phi) is 5.50. The molecule has 0 aliphatic carbocycles. The van der Waals surface area contributed by atoms with Crippen LogP contribution in [0.4, 0.5) is 0 Å². The van der Waals surface area contributed by atoms with Gasteiger partial charge in [-0.15, -0.1) is 0 Å². The molecular formula is C13H23N3O2. The molecule has 0 amide bonds. The smallest absolute Gasteiger partial charge is 0.255 e. The minimum absolute atomic E-state index is 0.0138. The summed E-state index contributed by atoms with van der Waals surface area (Å²) < 4.78 is 5.23. The second kappa shape index (κ2) is 6.66. The van der Waals surface area contributed by atoms with Gasteiger partial charge in [0.15, 0.2) is 0 Å². The Hall–Kier alpha value is -1.20. The number of aromatic amines is 1. The van der Waals surface area contributed by atoms with Crippen molar-refractivity contribution in [3.63, 3.8) is 0 Å². The van der Waals surface area contributed by atoms with E-state index in [1.165, 1.54) is 0 Å². The van der Waals surface area contributed by atoms with Crippen molar-refractivity contribution in [1.29, 1.82) is 0 Å². The number of rotatable bonds is 6. The number of aromatic nitrogens is 2. The zero-order valence-electron chi connectivity index (χ0n) is 11.7. The van der Waals surface area contributed by atoms with E-state index in [1.807, 2.05) is 6.92 Å². The fraction of sp³-hybridized carbons (Fsp3) is 0.692. The zero-order chi connectivity index (χ0) is 13.6. The highest BCUT2D eigenvalue weighted by molar-refractivity contribution is 5.06. The third-order valence-corrected chi connectivity index (χ3v) is 2.42. The molecule has 0 radical (unpaired) electrons. The Morgan fingerprint density at radius 3 is 2.72 bits per heavy atom. The third kappa shape index (κ3) is 5.42. The maximum atomic E-state index is 11.8. The molecule has 0 aliphatic rings. The Labute approximate surface area is 108 Å². The highest BCUT2D eigenvalue weighted by atomic mass is 16.5. The average molecular weight is 253 g/mol. The summed E-state index contributed by atoms with van der Waals surface area (Å²) >= 11 is 0. The molecule has 0 atom stereocenters. The molecule has 0 fully saturated rings. The molecule has 0 saturated heterocycles. The van der Waals surface area contributed by atoms with Gasteiger partial charge in [0.05, 0.1) is 6.61 Å². The molecule has 2 N–H and O–H groups in total. The van der Waals surface area contributed by atoms with Crippen molar-refractivity contribution in [3.8, 4) is 0 Å². The van der Waals surface area contributed by atoms with E-state index in [1.54, 1.807) is 6.20 Å². The van der Waals surface area contributed by atoms with Gasteiger partial charge in [-0.2, -0.15) is 0 Å². The average Bonchev–Trinajstić information content (AvgIpc) is 2.27. The van der Waals surface area contributed by atoms with Crippen LogP contribution in [0, 0.1) is 0 Å². The first kappa shape index (κ1) is 14.9. The SMILES string of the molecule is CCOCCc1ncc(CNC(C)(C)C)c(=O)[nH]1. The fourth-order valence-corrected chi connectivity index (χ4v) is 1.38. The largest absolute Gasteiger partial charge is 0.381 e. The van der Waals surface area contributed by atoms with Crippen LogP contribution in [0.15, 0.2) is 11.0 Å². The summed E-state index contributed by atoms with van der Waals surface area (Å²) in [5.41, 5.74) is 0.568. The Bertz CT molecular complexity index is 421. The number of hydrogen-bond donors (Lipinski definition) is 2. The molecule has 1 rings (SSSR count). The molecule has 0 bridgehead atoms. The molecule has 5 nitrogen and oxygen atoms in total. The number of nitrogens with zero attached hydrogens (tertiary/aromatic N) is 1. The molecule has 0 aromatic carbocycles. The second-order valence-corrected chi connectivity index (χ2v) is 5.23. The summed E-state index contributed by atoms with van der Waals surface area (Å²) in [5.74, 6) is 0.674. The lowest BCUT2D eigenvalue weighted by Crippen LogP contribution is -2.36. The predicted octanol–water partition coefficient (Wildman–Crippen LogP) is 1.24. The van der Waals surface area contributed by atoms with Crippen molar-refractivity contribution in [2.24, 2.45) is 0 Å². The standard InChI is InChI=1S/C13H23N3O2/c1-5-18-7-6-11-14-8-10(12(17)16-11)9-15-13(2,3)4/h8,15H,5-7,9H2,1-4H3,(H,14,16,17). The lowest BCUT2D eigenvalue weighted by Gasteiger charge is -2.20. The summed E-state index contributed by atoms with van der Waals surface area (Å²) in [6.07, 6.45) is 2.27. The van der Waals surface area contributed by atoms with Gasteiger partial charge in [0.1, 0.15) is 5.82 Å². The molecule has 1 aromatic rings. The highest BCUT2D eigenvalue weighted by Crippen LogP contribution is 2.00. The monoisotopic (exact) mass is 253 g/mol. The van der Waals surface area contributed by atoms with Gasteiger partial charge in [0.2, 0.25) is 0 Å². The van der Waals surface area contributed by atoms with Gasteiger partial charge in [-0.25, -0.2) is 4.98 Å². The van der Waals surface area contributed by atoms with E-state index in [0.29, 0.717) is 37.6 Å². The van der Waals surface area contributed by atoms with Crippen molar-refractivity contribution < 1.29 is 4.74 Å². The van der Waals surface area contributed by atoms with Gasteiger partial charge >= 0.3 is 0 Å². The number of ether oxygens (including phenoxy) is 1. The van der Waals surface area contributed by atoms with Crippen LogP contribution in [0.3, 0.4) is 0 Å². The van der Waals surface area contributed by atoms with Gasteiger partial charge in [0, 0.05) is 36.9 Å². The lowest BCUT2D eigenvalue weighted by atomic mass is 10.1. The van der Waals surface area contributed by atoms with Gasteiger partial charge in [-0.1, -0.05) is 0 Å². The quantitative estimate of drug-likeness (QED) is 0.748. The zero-order valence-corrected chi connectivity index (χ0v) is 11.7. The minimum Gasteiger partial charge on any atom is -0.381 e. The van der Waals surface area contributed by atoms with Crippen LogP contribution in [-0.2, 0) is 17.7 Å². The van der Waals surface area contributed by atoms with E-state index in [9.17, 15) is 4.79 Å². The minimum atomic E-state index is -0.0757. The molecule has 0 saturated carbocycles. The third-order valence-electron chi connectivity index (χ3n) is 2.42. The van der Waals surface area contributed by atoms with E-state index < -0.39 is 0 Å². The number of nitrogens with one attached hydrogen (secondary N) is 2. The van der Waals surface area contributed by atoms with Crippen LogP contribution in [0.2, 0.25) is 0 Å². The Morgan fingerprint density at radius 1 is 1.44 bits per heavy atom. The van der Waals surface area contributed by atoms with Gasteiger partial charge in [-0.3, -0.25) is 4.79 Å². The van der Waals surface area contributed by atoms with Gasteiger partial charge in [-0.05, 0) is 27.7 Å². The first-order chi connectivity index (χ1) is 8.42. The van der Waals surface area contributed by atoms with E-state index in [2.05, 4.69) is 36.1 Å². The molecule has 1 heterocycles. The van der Waals surface area contributed by atoms with Crippen LogP contribution in [0.1, 0.15) is 39.1 Å². The molecule has 0 unspecified atom stereocenters. The van der Waals surface area contributed by atoms with Crippen LogP contribution >= 0.6 is 0 Å². The molecule has 0 aliphatic heterocycles. The molecule has 1 aromatic heterocycles. The number of hydrogen-bond acceptors (Lipinski definition) is 4. The second-order valence-electron chi connectivity index (χ2n) is 5.23. The highest BCUT2D eigenvalue weighted by Gasteiger charge is 2.10. The molecule has 102 valence electrons. The molecule has 0 spiro atoms. The summed E-state index contributed by atoms with van der Waals surface area (Å²) in [6, 6.07) is 0. The number of H-pyrrole nitrogens is 1. The van der Waals surface area contributed by atoms with Crippen LogP contribution in [-0.4, -0.2) is 28.7 Å². The maximum absolute atomic E-state index is 11.8. The summed E-state index contributed by atoms with van der Waals surface area (Å²) in [7, 11) is 0. The first-order valence-corrected chi connectivity index (χ1v) is 6.32. The Balaban J connectivity index is 2.60. The van der Waals surface area contributed by atoms with Crippen LogP contribution in [0.5, 0.6) is 0 Å². The van der Waals surface area contributed by atoms with Crippen molar-refractivity contribution in [1.82, 2.24) is 15.3 Å². The van der Waals surface area contributed by atoms with Crippen molar-refractivity contribution in [2.45, 2.75) is 46.2 Å². The van der Waals surface area contributed by atoms with Crippen molar-refractivity contribution >= 4 is 0 Å². The van der Waals surface area contributed by atoms with Gasteiger partial charge in [0.25, 0.3) is 5.56 Å². The van der Waals surface area contributed by atoms with Crippen molar-refractivity contribution in [3.05, 3.63) is 27.9 Å². The van der Waals surface area contributed by atoms with Crippen LogP contribution in [0.25, 0.3) is 0 Å². The summed E-state index contributed by atoms with van der Waals surface area (Å²) in [5, 5.41) is 3.27. The fourth-order valence-electron chi connectivity index (χ4n) is 1.38. The topological polar surface area (TPSA) is 67.0 Å². The van der Waals surface area contributed by atoms with Crippen LogP contribution < -0.4 is 10.9 Å². The van der Waals surface area contributed by atoms with Gasteiger partial charge < -0.3 is 15.0 Å². The van der Waals surface area contributed by atoms with E-state index in [4.69, 9.17) is 4.74 Å². The van der Waals surface area contributed by atoms with E-state index in [0.717, 1.165) is 0 Å². The molecular weight excluding hydrogens is 230 g/mol. The molecule has 18 heavy (non-hydrogen) atoms. The van der Waals surface area contributed by atoms with E-state index >= 15 is 0 Å². The van der Waals surface area contributed by atoms with Crippen molar-refractivity contribution in [2.75, 3.05) is 13.2 Å². The van der Waals surface area contributed by atoms with E-state index in [-0.39, 0.29) is 11.1 Å². The lowest BCUT2D eigenvalue weighted by molar-refractivity contribution is 0.149.